The molecule has 0 unspecified atom stereocenters. The molecule has 0 heterocycles. The number of hydrogen-bond acceptors (Lipinski definition) is 2. The molecule has 0 spiro atoms. The Morgan fingerprint density at radius 3 is 1.26 bits per heavy atom. The third-order valence-electron chi connectivity index (χ3n) is 7.93. The monoisotopic (exact) mass is 734 g/mol. The van der Waals surface area contributed by atoms with Gasteiger partial charge in [0, 0.05) is 22.3 Å². The summed E-state index contributed by atoms with van der Waals surface area (Å²) in [7, 11) is -4.27. The lowest BCUT2D eigenvalue weighted by molar-refractivity contribution is 0.570. The maximum atomic E-state index is 15.4. The summed E-state index contributed by atoms with van der Waals surface area (Å²) in [6, 6.07) is 13.4. The lowest BCUT2D eigenvalue weighted by atomic mass is 9.94. The number of sulfone groups is 1. The number of halogens is 8. The Morgan fingerprint density at radius 2 is 0.872 bits per heavy atom. The summed E-state index contributed by atoms with van der Waals surface area (Å²) in [5, 5.41) is 1.29. The Bertz CT molecular complexity index is 2060. The van der Waals surface area contributed by atoms with E-state index in [4.69, 9.17) is 46.4 Å². The molecule has 240 valence electrons. The van der Waals surface area contributed by atoms with Gasteiger partial charge in [0.2, 0.25) is 0 Å². The molecule has 0 saturated carbocycles. The first-order valence-electron chi connectivity index (χ1n) is 14.2. The summed E-state index contributed by atoms with van der Waals surface area (Å²) in [5.41, 5.74) is 2.40. The summed E-state index contributed by atoms with van der Waals surface area (Å²) in [6.45, 7) is 0. The molecule has 2 nitrogen and oxygen atoms in total. The smallest absolute Gasteiger partial charge is 0.158 e. The molecule has 0 fully saturated rings. The van der Waals surface area contributed by atoms with Crippen LogP contribution in [0.4, 0.5) is 17.6 Å². The Hall–Kier alpha value is -3.33. The molecule has 4 aromatic carbocycles. The molecule has 0 saturated heterocycles. The molecular weight excluding hydrogens is 714 g/mol. The molecule has 0 aliphatic heterocycles. The first kappa shape index (κ1) is 33.6. The second-order valence-corrected chi connectivity index (χ2v) is 14.8. The van der Waals surface area contributed by atoms with Gasteiger partial charge in [-0.3, -0.25) is 0 Å². The van der Waals surface area contributed by atoms with Gasteiger partial charge in [-0.05, 0) is 94.8 Å². The highest BCUT2D eigenvalue weighted by atomic mass is 35.5. The van der Waals surface area contributed by atoms with Crippen LogP contribution >= 0.6 is 46.4 Å². The highest BCUT2D eigenvalue weighted by molar-refractivity contribution is 7.89. The van der Waals surface area contributed by atoms with Gasteiger partial charge < -0.3 is 0 Å². The van der Waals surface area contributed by atoms with E-state index in [9.17, 15) is 8.42 Å². The van der Waals surface area contributed by atoms with Gasteiger partial charge >= 0.3 is 0 Å². The van der Waals surface area contributed by atoms with Crippen LogP contribution in [-0.2, 0) is 21.3 Å². The van der Waals surface area contributed by atoms with Gasteiger partial charge in [-0.15, -0.1) is 0 Å². The van der Waals surface area contributed by atoms with Gasteiger partial charge in [0.15, 0.2) is 9.84 Å². The van der Waals surface area contributed by atoms with Crippen molar-refractivity contribution in [2.45, 2.75) is 24.3 Å². The van der Waals surface area contributed by atoms with Crippen LogP contribution in [0.2, 0.25) is 20.1 Å². The van der Waals surface area contributed by atoms with Crippen molar-refractivity contribution in [3.8, 4) is 0 Å². The molecule has 11 heteroatoms. The molecule has 0 amide bonds. The zero-order valence-corrected chi connectivity index (χ0v) is 28.0. The van der Waals surface area contributed by atoms with E-state index in [2.05, 4.69) is 0 Å². The van der Waals surface area contributed by atoms with Gasteiger partial charge in [0.25, 0.3) is 0 Å². The normalized spacial score (nSPS) is 14.6. The van der Waals surface area contributed by atoms with Gasteiger partial charge in [-0.25, -0.2) is 26.0 Å². The van der Waals surface area contributed by atoms with E-state index in [0.29, 0.717) is 66.4 Å². The second-order valence-electron chi connectivity index (χ2n) is 11.1. The topological polar surface area (TPSA) is 34.1 Å². The summed E-state index contributed by atoms with van der Waals surface area (Å²) < 4.78 is 87.7. The predicted molar refractivity (Wildman–Crippen MR) is 183 cm³/mol. The van der Waals surface area contributed by atoms with Crippen molar-refractivity contribution in [2.75, 3.05) is 0 Å². The van der Waals surface area contributed by atoms with Gasteiger partial charge in [0.1, 0.15) is 23.3 Å². The van der Waals surface area contributed by atoms with Crippen LogP contribution in [-0.4, -0.2) is 8.42 Å². The zero-order valence-electron chi connectivity index (χ0n) is 24.2. The van der Waals surface area contributed by atoms with Gasteiger partial charge in [-0.1, -0.05) is 82.8 Å². The van der Waals surface area contributed by atoms with E-state index < -0.39 is 55.7 Å². The van der Waals surface area contributed by atoms with E-state index in [1.165, 1.54) is 0 Å². The third-order valence-corrected chi connectivity index (χ3v) is 10.9. The fourth-order valence-corrected chi connectivity index (χ4v) is 7.84. The van der Waals surface area contributed by atoms with Crippen molar-refractivity contribution in [2.24, 2.45) is 0 Å². The fraction of sp³-hybridized carbons (Fsp3) is 0.111. The van der Waals surface area contributed by atoms with Crippen LogP contribution in [0.3, 0.4) is 0 Å². The molecule has 47 heavy (non-hydrogen) atoms. The van der Waals surface area contributed by atoms with E-state index in [-0.39, 0.29) is 11.1 Å². The van der Waals surface area contributed by atoms with Crippen LogP contribution in [0.5, 0.6) is 0 Å². The number of benzene rings is 4. The quantitative estimate of drug-likeness (QED) is 0.169. The number of hydrogen-bond donors (Lipinski definition) is 0. The van der Waals surface area contributed by atoms with Crippen LogP contribution in [0.1, 0.15) is 46.2 Å². The predicted octanol–water partition coefficient (Wildman–Crippen LogP) is 11.7. The van der Waals surface area contributed by atoms with Crippen LogP contribution in [0.15, 0.2) is 85.0 Å². The summed E-state index contributed by atoms with van der Waals surface area (Å²) >= 11 is 24.3. The zero-order chi connectivity index (χ0) is 33.6. The first-order valence-corrected chi connectivity index (χ1v) is 17.5. The summed E-state index contributed by atoms with van der Waals surface area (Å²) in [6.07, 6.45) is 8.03. The Labute approximate surface area is 289 Å². The van der Waals surface area contributed by atoms with Crippen molar-refractivity contribution in [3.63, 3.8) is 0 Å². The highest BCUT2D eigenvalue weighted by Gasteiger charge is 2.25. The Morgan fingerprint density at radius 1 is 0.489 bits per heavy atom. The van der Waals surface area contributed by atoms with E-state index in [1.54, 1.807) is 48.6 Å². The second kappa shape index (κ2) is 13.3. The summed E-state index contributed by atoms with van der Waals surface area (Å²) in [5.74, 6) is -5.45. The molecule has 0 aromatic heterocycles. The van der Waals surface area contributed by atoms with Crippen LogP contribution in [0.25, 0.3) is 22.3 Å². The minimum Gasteiger partial charge on any atom is -0.228 e. The molecule has 2 aliphatic carbocycles. The molecule has 2 aliphatic rings. The van der Waals surface area contributed by atoms with Crippen molar-refractivity contribution in [1.82, 2.24) is 0 Å². The van der Waals surface area contributed by atoms with E-state index in [0.717, 1.165) is 24.3 Å². The molecule has 6 rings (SSSR count). The van der Waals surface area contributed by atoms with Crippen LogP contribution < -0.4 is 0 Å². The van der Waals surface area contributed by atoms with Crippen molar-refractivity contribution in [3.05, 3.63) is 162 Å². The van der Waals surface area contributed by atoms with Gasteiger partial charge in [0.05, 0.1) is 31.6 Å². The lowest BCUT2D eigenvalue weighted by Gasteiger charge is -2.15. The van der Waals surface area contributed by atoms with Gasteiger partial charge in [-0.2, -0.15) is 0 Å². The molecule has 4 aromatic rings. The molecule has 0 atom stereocenters. The number of rotatable bonds is 8. The van der Waals surface area contributed by atoms with E-state index >= 15 is 17.6 Å². The SMILES string of the molecule is O=S(=O)(Cc1cc(F)c(C2=CCC=C2c2ccc(Cl)c(Cl)c2)cc1F)Cc1cc(F)c(C2=CCC=C2c2ccc(Cl)c(Cl)c2)cc1F. The minimum atomic E-state index is -4.27. The maximum Gasteiger partial charge on any atom is 0.158 e. The molecular formula is C36H22Cl4F4O2S. The van der Waals surface area contributed by atoms with Crippen LogP contribution in [0, 0.1) is 23.3 Å². The molecule has 0 bridgehead atoms. The van der Waals surface area contributed by atoms with Crippen molar-refractivity contribution >= 4 is 78.5 Å². The van der Waals surface area contributed by atoms with E-state index in [1.807, 2.05) is 12.2 Å². The molecule has 0 N–H and O–H groups in total. The fourth-order valence-electron chi connectivity index (χ4n) is 5.75. The maximum absolute atomic E-state index is 15.4. The standard InChI is InChI=1S/C36H22Cl4F4O2S/c37-29-9-7-19(11-31(29)39)23-3-1-5-25(23)27-15-33(41)21(13-35(27)43)17-47(45,46)18-22-14-36(44)28(16-34(22)42)26-6-2-4-24(26)20-8-10-30(38)32(40)12-20/h3-16H,1-2,17-18H2. The minimum absolute atomic E-state index is 0.0577. The molecule has 0 radical (unpaired) electrons. The summed E-state index contributed by atoms with van der Waals surface area (Å²) in [4.78, 5) is 0. The largest absolute Gasteiger partial charge is 0.228 e. The van der Waals surface area contributed by atoms with Crippen molar-refractivity contribution < 1.29 is 26.0 Å². The highest BCUT2D eigenvalue weighted by Crippen LogP contribution is 2.41. The Balaban J connectivity index is 1.22. The average molecular weight is 736 g/mol. The average Bonchev–Trinajstić information content (AvgIpc) is 3.70. The third kappa shape index (κ3) is 6.96. The first-order chi connectivity index (χ1) is 22.3. The Kier molecular flexibility index (Phi) is 9.49. The van der Waals surface area contributed by atoms with Crippen molar-refractivity contribution in [1.29, 1.82) is 0 Å². The lowest BCUT2D eigenvalue weighted by Crippen LogP contribution is -2.12. The number of allylic oxidation sites excluding steroid dienone is 8.